The van der Waals surface area contributed by atoms with Crippen LogP contribution in [0.25, 0.3) is 0 Å². The Bertz CT molecular complexity index is 40.8. The number of aliphatic hydroxyl groups is 1. The molecule has 0 radical (unpaired) electrons. The molecule has 0 aromatic heterocycles. The highest BCUT2D eigenvalue weighted by molar-refractivity contribution is 4.74. The zero-order chi connectivity index (χ0) is 4.28. The van der Waals surface area contributed by atoms with Crippen LogP contribution < -0.4 is 0 Å². The van der Waals surface area contributed by atoms with E-state index < -0.39 is 0 Å². The summed E-state index contributed by atoms with van der Waals surface area (Å²) < 4.78 is 0. The third kappa shape index (κ3) is 9.72. The van der Waals surface area contributed by atoms with Gasteiger partial charge in [0.2, 0.25) is 0 Å². The van der Waals surface area contributed by atoms with Crippen molar-refractivity contribution in [3.8, 4) is 0 Å². The third-order valence-corrected chi connectivity index (χ3v) is 0.408. The van der Waals surface area contributed by atoms with E-state index in [4.69, 9.17) is 5.11 Å². The van der Waals surface area contributed by atoms with E-state index in [2.05, 4.69) is 6.58 Å². The summed E-state index contributed by atoms with van der Waals surface area (Å²) in [6.07, 6.45) is 0.667. The van der Waals surface area contributed by atoms with E-state index in [9.17, 15) is 0 Å². The summed E-state index contributed by atoms with van der Waals surface area (Å²) in [4.78, 5) is 0. The van der Waals surface area contributed by atoms with Crippen molar-refractivity contribution in [2.24, 2.45) is 0 Å². The molecule has 2 nitrogen and oxygen atoms in total. The molecule has 0 rings (SSSR count). The Balaban J connectivity index is 0. The van der Waals surface area contributed by atoms with E-state index in [0.717, 1.165) is 0 Å². The summed E-state index contributed by atoms with van der Waals surface area (Å²) >= 11 is 0. The van der Waals surface area contributed by atoms with Crippen LogP contribution in [0.5, 0.6) is 0 Å². The molecule has 0 saturated carbocycles. The highest BCUT2D eigenvalue weighted by Crippen LogP contribution is 1.84. The van der Waals surface area contributed by atoms with Crippen LogP contribution in [-0.2, 0) is 0 Å². The molecular formula is C4H10O2. The fourth-order valence-corrected chi connectivity index (χ4v) is 0. The van der Waals surface area contributed by atoms with Crippen LogP contribution in [0.15, 0.2) is 12.3 Å². The summed E-state index contributed by atoms with van der Waals surface area (Å²) in [5.41, 5.74) is 0. The Kier molecular flexibility index (Phi) is 6.82. The summed E-state index contributed by atoms with van der Waals surface area (Å²) in [6.45, 7) is 5.08. The Morgan fingerprint density at radius 1 is 1.83 bits per heavy atom. The second kappa shape index (κ2) is 4.50. The highest BCUT2D eigenvalue weighted by Gasteiger charge is 1.70. The zero-order valence-electron chi connectivity index (χ0n) is 3.86. The van der Waals surface area contributed by atoms with Crippen LogP contribution >= 0.6 is 0 Å². The van der Waals surface area contributed by atoms with Gasteiger partial charge in [0.05, 0.1) is 5.76 Å². The van der Waals surface area contributed by atoms with E-state index >= 15 is 0 Å². The molecule has 0 heterocycles. The molecule has 0 unspecified atom stereocenters. The fraction of sp³-hybridized carbons (Fsp3) is 0.500. The number of aliphatic hydroxyl groups excluding tert-OH is 1. The van der Waals surface area contributed by atoms with Crippen molar-refractivity contribution in [2.75, 3.05) is 0 Å². The minimum atomic E-state index is 0. The molecule has 0 aliphatic heterocycles. The van der Waals surface area contributed by atoms with Crippen molar-refractivity contribution < 1.29 is 10.6 Å². The second-order valence-electron chi connectivity index (χ2n) is 0.920. The van der Waals surface area contributed by atoms with Crippen LogP contribution in [0.1, 0.15) is 13.3 Å². The molecular weight excluding hydrogens is 80.0 g/mol. The van der Waals surface area contributed by atoms with Crippen LogP contribution in [0.3, 0.4) is 0 Å². The maximum absolute atomic E-state index is 8.17. The number of allylic oxidation sites excluding steroid dienone is 1. The summed E-state index contributed by atoms with van der Waals surface area (Å²) in [5, 5.41) is 8.17. The largest absolute Gasteiger partial charge is 0.513 e. The predicted octanol–water partition coefficient (Wildman–Crippen LogP) is 0.643. The van der Waals surface area contributed by atoms with Gasteiger partial charge in [-0.1, -0.05) is 13.5 Å². The van der Waals surface area contributed by atoms with Gasteiger partial charge in [-0.05, 0) is 0 Å². The van der Waals surface area contributed by atoms with Crippen molar-refractivity contribution in [2.45, 2.75) is 13.3 Å². The van der Waals surface area contributed by atoms with Gasteiger partial charge in [-0.25, -0.2) is 0 Å². The first kappa shape index (κ1) is 9.09. The molecule has 38 valence electrons. The molecule has 6 heavy (non-hydrogen) atoms. The van der Waals surface area contributed by atoms with E-state index in [-0.39, 0.29) is 11.2 Å². The molecule has 0 amide bonds. The van der Waals surface area contributed by atoms with Gasteiger partial charge in [0.1, 0.15) is 0 Å². The Labute approximate surface area is 37.4 Å². The van der Waals surface area contributed by atoms with E-state index in [0.29, 0.717) is 6.42 Å². The lowest BCUT2D eigenvalue weighted by atomic mass is 10.4. The molecule has 3 N–H and O–H groups in total. The molecule has 2 heteroatoms. The topological polar surface area (TPSA) is 51.7 Å². The van der Waals surface area contributed by atoms with Gasteiger partial charge in [0.25, 0.3) is 0 Å². The minimum absolute atomic E-state index is 0. The van der Waals surface area contributed by atoms with E-state index in [1.807, 2.05) is 6.92 Å². The van der Waals surface area contributed by atoms with Gasteiger partial charge < -0.3 is 10.6 Å². The molecule has 0 bridgehead atoms. The predicted molar refractivity (Wildman–Crippen MR) is 25.7 cm³/mol. The molecule has 0 aliphatic rings. The first-order chi connectivity index (χ1) is 2.27. The third-order valence-electron chi connectivity index (χ3n) is 0.408. The minimum Gasteiger partial charge on any atom is -0.513 e. The van der Waals surface area contributed by atoms with Gasteiger partial charge in [0.15, 0.2) is 0 Å². The van der Waals surface area contributed by atoms with Crippen molar-refractivity contribution in [1.29, 1.82) is 0 Å². The van der Waals surface area contributed by atoms with Crippen molar-refractivity contribution in [1.82, 2.24) is 0 Å². The van der Waals surface area contributed by atoms with Gasteiger partial charge in [-0.3, -0.25) is 0 Å². The van der Waals surface area contributed by atoms with Gasteiger partial charge in [-0.15, -0.1) is 0 Å². The van der Waals surface area contributed by atoms with Crippen LogP contribution in [-0.4, -0.2) is 10.6 Å². The van der Waals surface area contributed by atoms with Crippen LogP contribution in [0.4, 0.5) is 0 Å². The number of hydrogen-bond acceptors (Lipinski definition) is 1. The van der Waals surface area contributed by atoms with E-state index in [1.165, 1.54) is 0 Å². The monoisotopic (exact) mass is 90.1 g/mol. The molecule has 0 spiro atoms. The first-order valence-electron chi connectivity index (χ1n) is 1.64. The molecule has 0 aliphatic carbocycles. The van der Waals surface area contributed by atoms with Gasteiger partial charge in [-0.2, -0.15) is 0 Å². The Morgan fingerprint density at radius 2 is 2.00 bits per heavy atom. The average molecular weight is 90.1 g/mol. The molecule has 0 aromatic rings. The van der Waals surface area contributed by atoms with Gasteiger partial charge in [0, 0.05) is 6.42 Å². The molecule has 0 saturated heterocycles. The van der Waals surface area contributed by atoms with Crippen molar-refractivity contribution in [3.63, 3.8) is 0 Å². The lowest BCUT2D eigenvalue weighted by molar-refractivity contribution is 0.397. The van der Waals surface area contributed by atoms with Gasteiger partial charge >= 0.3 is 0 Å². The highest BCUT2D eigenvalue weighted by atomic mass is 16.3. The lowest BCUT2D eigenvalue weighted by Gasteiger charge is -1.80. The summed E-state index contributed by atoms with van der Waals surface area (Å²) in [6, 6.07) is 0. The van der Waals surface area contributed by atoms with Crippen molar-refractivity contribution in [3.05, 3.63) is 12.3 Å². The molecule has 0 atom stereocenters. The number of hydrogen-bond donors (Lipinski definition) is 1. The SMILES string of the molecule is C=C(O)CC.O. The lowest BCUT2D eigenvalue weighted by Crippen LogP contribution is -1.66. The van der Waals surface area contributed by atoms with Crippen LogP contribution in [0.2, 0.25) is 0 Å². The van der Waals surface area contributed by atoms with Crippen molar-refractivity contribution >= 4 is 0 Å². The molecule has 0 fully saturated rings. The maximum atomic E-state index is 8.17. The first-order valence-corrected chi connectivity index (χ1v) is 1.64. The normalized spacial score (nSPS) is 6.17. The summed E-state index contributed by atoms with van der Waals surface area (Å²) in [5.74, 6) is 0.255. The number of rotatable bonds is 1. The summed E-state index contributed by atoms with van der Waals surface area (Å²) in [7, 11) is 0. The average Bonchev–Trinajstić information content (AvgIpc) is 1.38. The molecule has 0 aromatic carbocycles. The standard InChI is InChI=1S/C4H8O.H2O/c1-3-4(2)5;/h5H,2-3H2,1H3;1H2. The Morgan fingerprint density at radius 3 is 2.00 bits per heavy atom. The smallest absolute Gasteiger partial charge is 0.0848 e. The Hall–Kier alpha value is -0.500. The fourth-order valence-electron chi connectivity index (χ4n) is 0. The van der Waals surface area contributed by atoms with Crippen LogP contribution in [0, 0.1) is 0 Å². The zero-order valence-corrected chi connectivity index (χ0v) is 3.86. The van der Waals surface area contributed by atoms with E-state index in [1.54, 1.807) is 0 Å². The maximum Gasteiger partial charge on any atom is 0.0848 e. The second-order valence-corrected chi connectivity index (χ2v) is 0.920. The quantitative estimate of drug-likeness (QED) is 0.472.